The van der Waals surface area contributed by atoms with Crippen molar-refractivity contribution in [1.82, 2.24) is 4.98 Å². The molecule has 1 aromatic heterocycles. The van der Waals surface area contributed by atoms with Gasteiger partial charge in [0.15, 0.2) is 0 Å². The first-order valence-electron chi connectivity index (χ1n) is 6.71. The Bertz CT molecular complexity index is 446. The van der Waals surface area contributed by atoms with Crippen LogP contribution in [0, 0.1) is 0 Å². The number of hydrogen-bond donors (Lipinski definition) is 0. The molecule has 0 aliphatic heterocycles. The Hall–Kier alpha value is -1.63. The van der Waals surface area contributed by atoms with Gasteiger partial charge >= 0.3 is 0 Å². The summed E-state index contributed by atoms with van der Waals surface area (Å²) < 4.78 is 0. The number of hydrogen-bond acceptors (Lipinski definition) is 1. The van der Waals surface area contributed by atoms with Crippen molar-refractivity contribution in [3.8, 4) is 11.3 Å². The van der Waals surface area contributed by atoms with Gasteiger partial charge in [-0.25, -0.2) is 0 Å². The highest BCUT2D eigenvalue weighted by Crippen LogP contribution is 2.27. The average Bonchev–Trinajstić information content (AvgIpc) is 2.40. The van der Waals surface area contributed by atoms with E-state index in [0.717, 1.165) is 5.69 Å². The van der Waals surface area contributed by atoms with Gasteiger partial charge in [0.05, 0.1) is 5.69 Å². The molecule has 0 bridgehead atoms. The van der Waals surface area contributed by atoms with Crippen LogP contribution in [0.25, 0.3) is 11.3 Å². The van der Waals surface area contributed by atoms with E-state index in [0.29, 0.717) is 5.92 Å². The summed E-state index contributed by atoms with van der Waals surface area (Å²) in [4.78, 5) is 4.39. The van der Waals surface area contributed by atoms with E-state index in [1.54, 1.807) is 0 Å². The normalized spacial score (nSPS) is 9.83. The minimum Gasteiger partial charge on any atom is -0.256 e. The van der Waals surface area contributed by atoms with Crippen LogP contribution in [0.5, 0.6) is 0 Å². The highest BCUT2D eigenvalue weighted by Gasteiger charge is 2.07. The largest absolute Gasteiger partial charge is 0.256 e. The highest BCUT2D eigenvalue weighted by molar-refractivity contribution is 5.64. The second kappa shape index (κ2) is 7.65. The van der Waals surface area contributed by atoms with E-state index in [9.17, 15) is 0 Å². The molecule has 0 saturated carbocycles. The molecule has 18 heavy (non-hydrogen) atoms. The number of pyridine rings is 1. The Morgan fingerprint density at radius 3 is 2.11 bits per heavy atom. The molecular formula is C17H23N. The zero-order chi connectivity index (χ0) is 13.4. The number of aromatic nitrogens is 1. The van der Waals surface area contributed by atoms with E-state index in [1.165, 1.54) is 17.5 Å². The van der Waals surface area contributed by atoms with Crippen molar-refractivity contribution in [2.75, 3.05) is 0 Å². The predicted molar refractivity (Wildman–Crippen MR) is 79.7 cm³/mol. The maximum Gasteiger partial charge on any atom is 0.0704 e. The molecule has 0 saturated heterocycles. The van der Waals surface area contributed by atoms with Gasteiger partial charge in [0.2, 0.25) is 0 Å². The van der Waals surface area contributed by atoms with E-state index in [4.69, 9.17) is 0 Å². The van der Waals surface area contributed by atoms with Gasteiger partial charge in [0.25, 0.3) is 0 Å². The highest BCUT2D eigenvalue weighted by atomic mass is 14.7. The van der Waals surface area contributed by atoms with Crippen molar-refractivity contribution in [2.45, 2.75) is 40.0 Å². The van der Waals surface area contributed by atoms with Crippen LogP contribution in [0.3, 0.4) is 0 Å². The first-order valence-corrected chi connectivity index (χ1v) is 6.71. The fourth-order valence-electron chi connectivity index (χ4n) is 1.76. The van der Waals surface area contributed by atoms with Gasteiger partial charge in [-0.1, -0.05) is 64.4 Å². The standard InChI is InChI=1S/C14H15N.C3H8/c1-11(2)12-7-3-4-8-13(12)14-9-5-6-10-15-14;1-3-2/h3-11H,1-2H3;3H2,1-2H3. The summed E-state index contributed by atoms with van der Waals surface area (Å²) in [7, 11) is 0. The van der Waals surface area contributed by atoms with Crippen LogP contribution < -0.4 is 0 Å². The smallest absolute Gasteiger partial charge is 0.0704 e. The summed E-state index contributed by atoms with van der Waals surface area (Å²) in [6.45, 7) is 8.67. The topological polar surface area (TPSA) is 12.9 Å². The Kier molecular flexibility index (Phi) is 6.13. The van der Waals surface area contributed by atoms with Crippen LogP contribution in [-0.4, -0.2) is 4.98 Å². The van der Waals surface area contributed by atoms with Gasteiger partial charge in [-0.05, 0) is 23.6 Å². The molecule has 1 aromatic carbocycles. The predicted octanol–water partition coefficient (Wildman–Crippen LogP) is 5.29. The van der Waals surface area contributed by atoms with Crippen LogP contribution in [-0.2, 0) is 0 Å². The van der Waals surface area contributed by atoms with Crippen molar-refractivity contribution < 1.29 is 0 Å². The number of nitrogens with zero attached hydrogens (tertiary/aromatic N) is 1. The molecule has 0 aliphatic carbocycles. The molecular weight excluding hydrogens is 218 g/mol. The molecule has 0 unspecified atom stereocenters. The summed E-state index contributed by atoms with van der Waals surface area (Å²) in [5.74, 6) is 0.531. The third-order valence-electron chi connectivity index (χ3n) is 2.52. The Balaban J connectivity index is 0.000000492. The molecule has 1 heterocycles. The van der Waals surface area contributed by atoms with Crippen LogP contribution >= 0.6 is 0 Å². The number of benzene rings is 1. The lowest BCUT2D eigenvalue weighted by molar-refractivity contribution is 0.868. The first kappa shape index (κ1) is 14.4. The van der Waals surface area contributed by atoms with E-state index >= 15 is 0 Å². The molecule has 0 spiro atoms. The summed E-state index contributed by atoms with van der Waals surface area (Å²) in [5.41, 5.74) is 3.66. The minimum absolute atomic E-state index is 0.531. The minimum atomic E-state index is 0.531. The quantitative estimate of drug-likeness (QED) is 0.696. The Labute approximate surface area is 111 Å². The molecule has 0 amide bonds. The van der Waals surface area contributed by atoms with Crippen molar-refractivity contribution >= 4 is 0 Å². The summed E-state index contributed by atoms with van der Waals surface area (Å²) in [6.07, 6.45) is 3.09. The van der Waals surface area contributed by atoms with Gasteiger partial charge in [-0.2, -0.15) is 0 Å². The SMILES string of the molecule is CC(C)c1ccccc1-c1ccccn1.CCC. The van der Waals surface area contributed by atoms with Crippen molar-refractivity contribution in [3.05, 3.63) is 54.2 Å². The maximum absolute atomic E-state index is 4.39. The van der Waals surface area contributed by atoms with E-state index in [2.05, 4.69) is 63.0 Å². The first-order chi connectivity index (χ1) is 8.70. The monoisotopic (exact) mass is 241 g/mol. The molecule has 0 fully saturated rings. The molecule has 0 atom stereocenters. The van der Waals surface area contributed by atoms with Gasteiger partial charge in [0, 0.05) is 11.8 Å². The molecule has 96 valence electrons. The second-order valence-electron chi connectivity index (χ2n) is 4.66. The van der Waals surface area contributed by atoms with Crippen LogP contribution in [0.15, 0.2) is 48.7 Å². The van der Waals surface area contributed by atoms with Crippen molar-refractivity contribution in [3.63, 3.8) is 0 Å². The third-order valence-corrected chi connectivity index (χ3v) is 2.52. The molecule has 0 N–H and O–H groups in total. The Morgan fingerprint density at radius 2 is 1.56 bits per heavy atom. The van der Waals surface area contributed by atoms with Crippen LogP contribution in [0.2, 0.25) is 0 Å². The van der Waals surface area contributed by atoms with Gasteiger partial charge in [-0.15, -0.1) is 0 Å². The number of rotatable bonds is 2. The van der Waals surface area contributed by atoms with E-state index < -0.39 is 0 Å². The van der Waals surface area contributed by atoms with E-state index in [1.807, 2.05) is 18.3 Å². The zero-order valence-corrected chi connectivity index (χ0v) is 11.9. The summed E-state index contributed by atoms with van der Waals surface area (Å²) in [5, 5.41) is 0. The maximum atomic E-state index is 4.39. The summed E-state index contributed by atoms with van der Waals surface area (Å²) >= 11 is 0. The van der Waals surface area contributed by atoms with E-state index in [-0.39, 0.29) is 0 Å². The van der Waals surface area contributed by atoms with Gasteiger partial charge in [0.1, 0.15) is 0 Å². The molecule has 0 radical (unpaired) electrons. The Morgan fingerprint density at radius 1 is 0.944 bits per heavy atom. The van der Waals surface area contributed by atoms with Crippen LogP contribution in [0.4, 0.5) is 0 Å². The zero-order valence-electron chi connectivity index (χ0n) is 11.9. The lowest BCUT2D eigenvalue weighted by atomic mass is 9.95. The molecule has 0 aliphatic rings. The van der Waals surface area contributed by atoms with Gasteiger partial charge < -0.3 is 0 Å². The second-order valence-corrected chi connectivity index (χ2v) is 4.66. The van der Waals surface area contributed by atoms with Crippen molar-refractivity contribution in [1.29, 1.82) is 0 Å². The lowest BCUT2D eigenvalue weighted by Gasteiger charge is -2.11. The molecule has 1 nitrogen and oxygen atoms in total. The molecule has 2 aromatic rings. The fourth-order valence-corrected chi connectivity index (χ4v) is 1.76. The average molecular weight is 241 g/mol. The summed E-state index contributed by atoms with van der Waals surface area (Å²) in [6, 6.07) is 14.5. The van der Waals surface area contributed by atoms with Crippen molar-refractivity contribution in [2.24, 2.45) is 0 Å². The fraction of sp³-hybridized carbons (Fsp3) is 0.353. The lowest BCUT2D eigenvalue weighted by Crippen LogP contribution is -1.93. The van der Waals surface area contributed by atoms with Gasteiger partial charge in [-0.3, -0.25) is 4.98 Å². The molecule has 2 rings (SSSR count). The molecule has 1 heteroatoms. The van der Waals surface area contributed by atoms with Crippen LogP contribution in [0.1, 0.15) is 45.6 Å². The third kappa shape index (κ3) is 3.99.